The molecule has 2 atom stereocenters. The van der Waals surface area contributed by atoms with E-state index in [1.54, 1.807) is 12.1 Å². The predicted molar refractivity (Wildman–Crippen MR) is 141 cm³/mol. The van der Waals surface area contributed by atoms with Crippen molar-refractivity contribution in [1.82, 2.24) is 15.5 Å². The average molecular weight is 572 g/mol. The number of halogens is 1. The molecule has 0 aliphatic carbocycles. The number of aliphatic hydroxyl groups is 1. The largest absolute Gasteiger partial charge is 0.503 e. The number of rotatable bonds is 14. The molecule has 41 heavy (non-hydrogen) atoms. The number of hydrogen-bond donors (Lipinski definition) is 5. The van der Waals surface area contributed by atoms with Crippen LogP contribution >= 0.6 is 0 Å². The lowest BCUT2D eigenvalue weighted by molar-refractivity contribution is -0.142. The quantitative estimate of drug-likeness (QED) is 0.212. The van der Waals surface area contributed by atoms with Crippen molar-refractivity contribution in [2.75, 3.05) is 13.2 Å². The molecule has 0 bridgehead atoms. The fraction of sp³-hybridized carbons (Fsp3) is 0.321. The van der Waals surface area contributed by atoms with Gasteiger partial charge in [-0.15, -0.1) is 0 Å². The highest BCUT2D eigenvalue weighted by Crippen LogP contribution is 2.41. The maximum Gasteiger partial charge on any atom is 0.341 e. The Balaban J connectivity index is 1.86. The number of aliphatic carboxylic acids is 2. The molecule has 0 aromatic heterocycles. The minimum atomic E-state index is -1.25. The SMILES string of the molecule is CC(=O)N[C@H](CCCCN1C(=O)C(O)=C(C(=O)NCc2ccc(F)cc2)C1c1ccccc1OCC(=O)O)C(=O)O. The summed E-state index contributed by atoms with van der Waals surface area (Å²) in [6, 6.07) is 9.26. The monoisotopic (exact) mass is 571 g/mol. The lowest BCUT2D eigenvalue weighted by Crippen LogP contribution is -2.39. The first-order chi connectivity index (χ1) is 19.5. The van der Waals surface area contributed by atoms with Gasteiger partial charge in [-0.2, -0.15) is 0 Å². The number of nitrogens with zero attached hydrogens (tertiary/aromatic N) is 1. The molecule has 0 saturated carbocycles. The maximum absolute atomic E-state index is 13.3. The van der Waals surface area contributed by atoms with Crippen molar-refractivity contribution in [3.63, 3.8) is 0 Å². The molecule has 5 N–H and O–H groups in total. The van der Waals surface area contributed by atoms with E-state index in [9.17, 15) is 38.6 Å². The van der Waals surface area contributed by atoms with Crippen LogP contribution in [-0.2, 0) is 30.5 Å². The summed E-state index contributed by atoms with van der Waals surface area (Å²) in [5, 5.41) is 34.2. The first-order valence-corrected chi connectivity index (χ1v) is 12.7. The van der Waals surface area contributed by atoms with Crippen molar-refractivity contribution < 1.29 is 48.4 Å². The molecule has 1 aliphatic heterocycles. The Morgan fingerprint density at radius 1 is 1.05 bits per heavy atom. The number of carbonyl (C=O) groups excluding carboxylic acids is 3. The van der Waals surface area contributed by atoms with Crippen LogP contribution < -0.4 is 15.4 Å². The van der Waals surface area contributed by atoms with E-state index in [0.29, 0.717) is 5.56 Å². The predicted octanol–water partition coefficient (Wildman–Crippen LogP) is 2.06. The molecule has 1 heterocycles. The van der Waals surface area contributed by atoms with Crippen LogP contribution in [0.15, 0.2) is 59.9 Å². The number of aliphatic hydroxyl groups excluding tert-OH is 1. The maximum atomic E-state index is 13.3. The molecule has 0 spiro atoms. The van der Waals surface area contributed by atoms with Crippen LogP contribution in [0, 0.1) is 5.82 Å². The number of hydrogen-bond acceptors (Lipinski definition) is 7. The molecule has 0 radical (unpaired) electrons. The Hall–Kier alpha value is -4.94. The van der Waals surface area contributed by atoms with Crippen molar-refractivity contribution in [3.05, 3.63) is 76.8 Å². The zero-order valence-corrected chi connectivity index (χ0v) is 22.1. The van der Waals surface area contributed by atoms with Crippen LogP contribution in [0.5, 0.6) is 5.75 Å². The summed E-state index contributed by atoms with van der Waals surface area (Å²) < 4.78 is 18.7. The van der Waals surface area contributed by atoms with E-state index in [-0.39, 0.29) is 49.2 Å². The second kappa shape index (κ2) is 13.9. The summed E-state index contributed by atoms with van der Waals surface area (Å²) in [5.41, 5.74) is 0.528. The van der Waals surface area contributed by atoms with Crippen LogP contribution in [0.2, 0.25) is 0 Å². The Labute approximate surface area is 234 Å². The third kappa shape index (κ3) is 8.03. The first kappa shape index (κ1) is 30.6. The smallest absolute Gasteiger partial charge is 0.341 e. The molecule has 3 amide bonds. The van der Waals surface area contributed by atoms with E-state index in [0.717, 1.165) is 0 Å². The summed E-state index contributed by atoms with van der Waals surface area (Å²) in [6.45, 7) is 0.458. The second-order valence-corrected chi connectivity index (χ2v) is 9.28. The van der Waals surface area contributed by atoms with Gasteiger partial charge in [-0.05, 0) is 43.0 Å². The highest BCUT2D eigenvalue weighted by molar-refractivity contribution is 6.08. The number of amides is 3. The van der Waals surface area contributed by atoms with Gasteiger partial charge in [0.1, 0.15) is 17.6 Å². The van der Waals surface area contributed by atoms with E-state index >= 15 is 0 Å². The number of carbonyl (C=O) groups is 5. The lowest BCUT2D eigenvalue weighted by atomic mass is 9.97. The van der Waals surface area contributed by atoms with Crippen LogP contribution in [0.1, 0.15) is 43.4 Å². The molecule has 0 fully saturated rings. The Bertz CT molecular complexity index is 1340. The molecule has 2 aromatic rings. The van der Waals surface area contributed by atoms with Gasteiger partial charge >= 0.3 is 11.9 Å². The zero-order valence-electron chi connectivity index (χ0n) is 22.1. The molecular weight excluding hydrogens is 541 g/mol. The second-order valence-electron chi connectivity index (χ2n) is 9.28. The molecule has 13 heteroatoms. The van der Waals surface area contributed by atoms with Crippen LogP contribution in [0.4, 0.5) is 4.39 Å². The number of nitrogens with one attached hydrogen (secondary N) is 2. The fourth-order valence-electron chi connectivity index (χ4n) is 4.43. The minimum absolute atomic E-state index is 0.0119. The van der Waals surface area contributed by atoms with Gasteiger partial charge in [-0.1, -0.05) is 30.3 Å². The van der Waals surface area contributed by atoms with Crippen LogP contribution in [0.3, 0.4) is 0 Å². The van der Waals surface area contributed by atoms with Crippen LogP contribution in [0.25, 0.3) is 0 Å². The summed E-state index contributed by atoms with van der Waals surface area (Å²) in [6.07, 6.45) is 0.601. The zero-order chi connectivity index (χ0) is 30.1. The van der Waals surface area contributed by atoms with Gasteiger partial charge in [0.25, 0.3) is 11.8 Å². The topological polar surface area (TPSA) is 183 Å². The molecule has 1 aliphatic rings. The standard InChI is InChI=1S/C28H30FN3O9/c1-16(33)31-20(28(39)40)7-4-5-13-32-24(19-6-2-3-8-21(19)41-15-22(34)35)23(25(36)27(32)38)26(37)30-14-17-9-11-18(29)12-10-17/h2-3,6,8-12,20,24,36H,4-5,7,13-15H2,1H3,(H,30,37)(H,31,33)(H,34,35)(H,39,40)/t20-,24?/m1/s1. The lowest BCUT2D eigenvalue weighted by Gasteiger charge is -2.28. The molecule has 2 aromatic carbocycles. The number of unbranched alkanes of at least 4 members (excludes halogenated alkanes) is 1. The fourth-order valence-corrected chi connectivity index (χ4v) is 4.43. The normalized spacial score (nSPS) is 15.4. The molecule has 1 unspecified atom stereocenters. The average Bonchev–Trinajstić information content (AvgIpc) is 3.17. The summed E-state index contributed by atoms with van der Waals surface area (Å²) >= 11 is 0. The third-order valence-corrected chi connectivity index (χ3v) is 6.30. The highest BCUT2D eigenvalue weighted by Gasteiger charge is 2.44. The van der Waals surface area contributed by atoms with E-state index in [2.05, 4.69) is 10.6 Å². The van der Waals surface area contributed by atoms with Crippen molar-refractivity contribution in [2.24, 2.45) is 0 Å². The third-order valence-electron chi connectivity index (χ3n) is 6.30. The Kier molecular flexibility index (Phi) is 10.4. The van der Waals surface area contributed by atoms with E-state index < -0.39 is 59.9 Å². The molecule has 3 rings (SSSR count). The van der Waals surface area contributed by atoms with E-state index in [1.807, 2.05) is 0 Å². The summed E-state index contributed by atoms with van der Waals surface area (Å²) in [5.74, 6) is -5.78. The molecule has 0 saturated heterocycles. The Morgan fingerprint density at radius 3 is 2.37 bits per heavy atom. The van der Waals surface area contributed by atoms with Gasteiger partial charge < -0.3 is 35.6 Å². The first-order valence-electron chi connectivity index (χ1n) is 12.7. The van der Waals surface area contributed by atoms with Gasteiger partial charge in [0.05, 0.1) is 11.6 Å². The van der Waals surface area contributed by atoms with Gasteiger partial charge in [-0.25, -0.2) is 14.0 Å². The van der Waals surface area contributed by atoms with E-state index in [1.165, 1.54) is 48.2 Å². The van der Waals surface area contributed by atoms with Crippen molar-refractivity contribution in [3.8, 4) is 5.75 Å². The van der Waals surface area contributed by atoms with Gasteiger partial charge in [0.15, 0.2) is 12.4 Å². The van der Waals surface area contributed by atoms with Gasteiger partial charge in [0.2, 0.25) is 5.91 Å². The van der Waals surface area contributed by atoms with Crippen molar-refractivity contribution >= 4 is 29.7 Å². The van der Waals surface area contributed by atoms with Crippen molar-refractivity contribution in [2.45, 2.75) is 44.8 Å². The molecule has 12 nitrogen and oxygen atoms in total. The van der Waals surface area contributed by atoms with Gasteiger partial charge in [-0.3, -0.25) is 14.4 Å². The molecular formula is C28H30FN3O9. The number of para-hydroxylation sites is 1. The highest BCUT2D eigenvalue weighted by atomic mass is 19.1. The molecule has 218 valence electrons. The number of carboxylic acids is 2. The summed E-state index contributed by atoms with van der Waals surface area (Å²) in [7, 11) is 0. The van der Waals surface area contributed by atoms with Gasteiger partial charge in [0, 0.05) is 25.6 Å². The number of benzene rings is 2. The Morgan fingerprint density at radius 2 is 1.73 bits per heavy atom. The minimum Gasteiger partial charge on any atom is -0.503 e. The summed E-state index contributed by atoms with van der Waals surface area (Å²) in [4.78, 5) is 61.6. The van der Waals surface area contributed by atoms with E-state index in [4.69, 9.17) is 9.84 Å². The number of carboxylic acid groups (broad SMARTS) is 2. The van der Waals surface area contributed by atoms with Crippen LogP contribution in [-0.4, -0.2) is 69.1 Å². The van der Waals surface area contributed by atoms with Crippen molar-refractivity contribution in [1.29, 1.82) is 0 Å². The number of ether oxygens (including phenoxy) is 1.